The molecule has 0 aliphatic heterocycles. The van der Waals surface area contributed by atoms with Crippen molar-refractivity contribution >= 4 is 19.7 Å². The summed E-state index contributed by atoms with van der Waals surface area (Å²) in [5.41, 5.74) is 1.27. The zero-order valence-corrected chi connectivity index (χ0v) is 10.3. The van der Waals surface area contributed by atoms with E-state index in [1.807, 2.05) is 18.2 Å². The van der Waals surface area contributed by atoms with Gasteiger partial charge >= 0.3 is 0 Å². The maximum atomic E-state index is 11.1. The third-order valence-corrected chi connectivity index (χ3v) is 4.55. The molecule has 1 aliphatic rings. The predicted molar refractivity (Wildman–Crippen MR) is 65.9 cm³/mol. The molecule has 0 heterocycles. The molecule has 0 bridgehead atoms. The molecule has 16 heavy (non-hydrogen) atoms. The minimum atomic E-state index is -3.50. The zero-order valence-electron chi connectivity index (χ0n) is 8.77. The molecule has 4 heteroatoms. The molecular weight excluding hydrogens is 244 g/mol. The number of benzene rings is 1. The van der Waals surface area contributed by atoms with E-state index in [0.717, 1.165) is 12.8 Å². The monoisotopic (exact) mass is 256 g/mol. The van der Waals surface area contributed by atoms with E-state index >= 15 is 0 Å². The molecule has 2 rings (SSSR count). The topological polar surface area (TPSA) is 34.1 Å². The molecule has 1 aliphatic carbocycles. The molecule has 86 valence electrons. The Morgan fingerprint density at radius 1 is 1.19 bits per heavy atom. The summed E-state index contributed by atoms with van der Waals surface area (Å²) in [6.07, 6.45) is 3.90. The summed E-state index contributed by atoms with van der Waals surface area (Å²) in [6, 6.07) is 10.2. The normalized spacial score (nSPS) is 21.6. The average Bonchev–Trinajstić information content (AvgIpc) is 2.29. The number of halogens is 1. The summed E-state index contributed by atoms with van der Waals surface area (Å²) in [5.74, 6) is 0.420. The van der Waals surface area contributed by atoms with Crippen LogP contribution < -0.4 is 0 Å². The quantitative estimate of drug-likeness (QED) is 0.760. The van der Waals surface area contributed by atoms with Gasteiger partial charge in [0.2, 0.25) is 0 Å². The fourth-order valence-electron chi connectivity index (χ4n) is 2.06. The number of rotatable bonds is 2. The number of allylic oxidation sites excluding steroid dienone is 2. The van der Waals surface area contributed by atoms with Crippen molar-refractivity contribution in [3.05, 3.63) is 46.9 Å². The van der Waals surface area contributed by atoms with Crippen LogP contribution in [0.5, 0.6) is 0 Å². The van der Waals surface area contributed by atoms with Crippen LogP contribution in [0.1, 0.15) is 30.7 Å². The molecule has 0 spiro atoms. The van der Waals surface area contributed by atoms with Crippen LogP contribution >= 0.6 is 10.7 Å². The van der Waals surface area contributed by atoms with Crippen molar-refractivity contribution in [3.63, 3.8) is 0 Å². The summed E-state index contributed by atoms with van der Waals surface area (Å²) in [7, 11) is 1.81. The van der Waals surface area contributed by atoms with Crippen LogP contribution in [0.2, 0.25) is 0 Å². The molecule has 1 unspecified atom stereocenters. The Hall–Kier alpha value is -0.800. The van der Waals surface area contributed by atoms with E-state index < -0.39 is 9.05 Å². The maximum Gasteiger partial charge on any atom is 0.257 e. The van der Waals surface area contributed by atoms with Gasteiger partial charge in [0.05, 0.1) is 4.91 Å². The summed E-state index contributed by atoms with van der Waals surface area (Å²) in [6.45, 7) is 0. The van der Waals surface area contributed by atoms with Gasteiger partial charge in [-0.15, -0.1) is 0 Å². The average molecular weight is 257 g/mol. The van der Waals surface area contributed by atoms with Crippen molar-refractivity contribution in [2.75, 3.05) is 0 Å². The van der Waals surface area contributed by atoms with Crippen molar-refractivity contribution < 1.29 is 8.42 Å². The van der Waals surface area contributed by atoms with Crippen molar-refractivity contribution in [3.8, 4) is 0 Å². The smallest absolute Gasteiger partial charge is 0.207 e. The SMILES string of the molecule is O=S(=O)(Cl)C1=CCC(c2ccccc2)CC1. The molecular formula is C12H13ClO2S. The highest BCUT2D eigenvalue weighted by Crippen LogP contribution is 2.34. The Labute approximate surface area is 100 Å². The lowest BCUT2D eigenvalue weighted by molar-refractivity contribution is 0.588. The highest BCUT2D eigenvalue weighted by molar-refractivity contribution is 8.16. The first-order valence-corrected chi connectivity index (χ1v) is 7.57. The van der Waals surface area contributed by atoms with Gasteiger partial charge in [-0.2, -0.15) is 0 Å². The molecule has 2 nitrogen and oxygen atoms in total. The van der Waals surface area contributed by atoms with Gasteiger partial charge in [0.15, 0.2) is 0 Å². The van der Waals surface area contributed by atoms with Gasteiger partial charge in [-0.05, 0) is 30.7 Å². The molecule has 0 saturated carbocycles. The molecule has 1 aromatic carbocycles. The van der Waals surface area contributed by atoms with Gasteiger partial charge in [-0.1, -0.05) is 36.4 Å². The Bertz CT molecular complexity index is 491. The van der Waals surface area contributed by atoms with E-state index in [2.05, 4.69) is 12.1 Å². The lowest BCUT2D eigenvalue weighted by atomic mass is 9.88. The van der Waals surface area contributed by atoms with Crippen LogP contribution in [0.25, 0.3) is 0 Å². The van der Waals surface area contributed by atoms with Crippen LogP contribution in [0.4, 0.5) is 0 Å². The van der Waals surface area contributed by atoms with Gasteiger partial charge in [-0.25, -0.2) is 8.42 Å². The summed E-state index contributed by atoms with van der Waals surface area (Å²) in [4.78, 5) is 0.376. The molecule has 0 aromatic heterocycles. The molecule has 0 saturated heterocycles. The van der Waals surface area contributed by atoms with Gasteiger partial charge < -0.3 is 0 Å². The van der Waals surface area contributed by atoms with Crippen LogP contribution in [-0.2, 0) is 9.05 Å². The Balaban J connectivity index is 2.14. The molecule has 0 fully saturated rings. The van der Waals surface area contributed by atoms with E-state index in [-0.39, 0.29) is 0 Å². The lowest BCUT2D eigenvalue weighted by Gasteiger charge is -2.20. The third-order valence-electron chi connectivity index (χ3n) is 2.95. The standard InChI is InChI=1S/C12H13ClO2S/c13-16(14,15)12-8-6-11(7-9-12)10-4-2-1-3-5-10/h1-5,8,11H,6-7,9H2. The van der Waals surface area contributed by atoms with E-state index in [4.69, 9.17) is 10.7 Å². The van der Waals surface area contributed by atoms with Crippen LogP contribution in [-0.4, -0.2) is 8.42 Å². The summed E-state index contributed by atoms with van der Waals surface area (Å²) in [5, 5.41) is 0. The van der Waals surface area contributed by atoms with Gasteiger partial charge in [-0.3, -0.25) is 0 Å². The number of hydrogen-bond donors (Lipinski definition) is 0. The summed E-state index contributed by atoms with van der Waals surface area (Å²) >= 11 is 0. The van der Waals surface area contributed by atoms with Gasteiger partial charge in [0.1, 0.15) is 0 Å². The minimum Gasteiger partial charge on any atom is -0.207 e. The highest BCUT2D eigenvalue weighted by atomic mass is 35.7. The highest BCUT2D eigenvalue weighted by Gasteiger charge is 2.22. The molecule has 0 amide bonds. The van der Waals surface area contributed by atoms with E-state index in [0.29, 0.717) is 17.2 Å². The number of hydrogen-bond acceptors (Lipinski definition) is 2. The second-order valence-electron chi connectivity index (χ2n) is 3.99. The van der Waals surface area contributed by atoms with Crippen LogP contribution in [0, 0.1) is 0 Å². The lowest BCUT2D eigenvalue weighted by Crippen LogP contribution is -2.07. The van der Waals surface area contributed by atoms with Gasteiger partial charge in [0.25, 0.3) is 9.05 Å². The Kier molecular flexibility index (Phi) is 3.36. The van der Waals surface area contributed by atoms with Crippen LogP contribution in [0.3, 0.4) is 0 Å². The largest absolute Gasteiger partial charge is 0.257 e. The first-order chi connectivity index (χ1) is 7.57. The Morgan fingerprint density at radius 2 is 1.88 bits per heavy atom. The van der Waals surface area contributed by atoms with Crippen molar-refractivity contribution in [1.82, 2.24) is 0 Å². The second kappa shape index (κ2) is 4.60. The van der Waals surface area contributed by atoms with Crippen molar-refractivity contribution in [2.45, 2.75) is 25.2 Å². The maximum absolute atomic E-state index is 11.1. The van der Waals surface area contributed by atoms with E-state index in [1.165, 1.54) is 5.56 Å². The van der Waals surface area contributed by atoms with Crippen LogP contribution in [0.15, 0.2) is 41.3 Å². The zero-order chi connectivity index (χ0) is 11.6. The first kappa shape index (κ1) is 11.7. The molecule has 0 radical (unpaired) electrons. The second-order valence-corrected chi connectivity index (χ2v) is 6.61. The Morgan fingerprint density at radius 3 is 2.38 bits per heavy atom. The van der Waals surface area contributed by atoms with E-state index in [1.54, 1.807) is 6.08 Å². The van der Waals surface area contributed by atoms with Gasteiger partial charge in [0, 0.05) is 10.7 Å². The van der Waals surface area contributed by atoms with Crippen molar-refractivity contribution in [1.29, 1.82) is 0 Å². The summed E-state index contributed by atoms with van der Waals surface area (Å²) < 4.78 is 22.3. The molecule has 1 aromatic rings. The molecule has 0 N–H and O–H groups in total. The third kappa shape index (κ3) is 2.66. The predicted octanol–water partition coefficient (Wildman–Crippen LogP) is 3.41. The minimum absolute atomic E-state index is 0.376. The van der Waals surface area contributed by atoms with E-state index in [9.17, 15) is 8.42 Å². The van der Waals surface area contributed by atoms with Crippen molar-refractivity contribution in [2.24, 2.45) is 0 Å². The molecule has 1 atom stereocenters. The first-order valence-electron chi connectivity index (χ1n) is 5.26. The fraction of sp³-hybridized carbons (Fsp3) is 0.333. The fourth-order valence-corrected chi connectivity index (χ4v) is 3.14.